The van der Waals surface area contributed by atoms with Crippen LogP contribution in [-0.2, 0) is 11.2 Å². The van der Waals surface area contributed by atoms with Crippen molar-refractivity contribution in [3.8, 4) is 23.1 Å². The fraction of sp³-hybridized carbons (Fsp3) is 0.281. The minimum atomic E-state index is -0.549. The maximum atomic E-state index is 13.2. The second kappa shape index (κ2) is 13.6. The number of ether oxygens (including phenoxy) is 1. The van der Waals surface area contributed by atoms with Crippen molar-refractivity contribution in [2.45, 2.75) is 32.4 Å². The van der Waals surface area contributed by atoms with Crippen molar-refractivity contribution >= 4 is 23.4 Å². The van der Waals surface area contributed by atoms with Gasteiger partial charge in [0.1, 0.15) is 17.5 Å². The number of aromatic nitrogens is 2. The van der Waals surface area contributed by atoms with Crippen molar-refractivity contribution in [3.05, 3.63) is 89.2 Å². The standard InChI is InChI=1S/C32H35N7O4/c1-20(2)43-28-12-11-23(15-24(28)16-33)32(42)36-25(17-35-29(40)19-38(3)4)14-21-7-9-22(10-8-21)27-18-39-13-5-6-26(30(34)41)31(39)37-27/h5-13,15,18,20,25H,14,17,19H2,1-4H3,(H2,34,41)(H,35,40)(H,36,42). The van der Waals surface area contributed by atoms with Gasteiger partial charge in [-0.25, -0.2) is 4.98 Å². The van der Waals surface area contributed by atoms with Crippen molar-refractivity contribution in [1.82, 2.24) is 24.9 Å². The highest BCUT2D eigenvalue weighted by molar-refractivity contribution is 5.99. The van der Waals surface area contributed by atoms with Gasteiger partial charge in [-0.2, -0.15) is 5.26 Å². The van der Waals surface area contributed by atoms with Crippen molar-refractivity contribution in [2.24, 2.45) is 5.73 Å². The van der Waals surface area contributed by atoms with Gasteiger partial charge in [-0.15, -0.1) is 0 Å². The molecule has 2 aromatic heterocycles. The van der Waals surface area contributed by atoms with E-state index in [0.717, 1.165) is 11.1 Å². The van der Waals surface area contributed by atoms with Gasteiger partial charge in [0, 0.05) is 30.1 Å². The Kier molecular flexibility index (Phi) is 9.75. The Balaban J connectivity index is 1.52. The van der Waals surface area contributed by atoms with Crippen molar-refractivity contribution in [3.63, 3.8) is 0 Å². The molecular formula is C32H35N7O4. The lowest BCUT2D eigenvalue weighted by Gasteiger charge is -2.21. The highest BCUT2D eigenvalue weighted by Crippen LogP contribution is 2.23. The van der Waals surface area contributed by atoms with Gasteiger partial charge in [-0.1, -0.05) is 24.3 Å². The highest BCUT2D eigenvalue weighted by Gasteiger charge is 2.18. The normalized spacial score (nSPS) is 11.7. The molecule has 2 aromatic carbocycles. The lowest BCUT2D eigenvalue weighted by Crippen LogP contribution is -2.46. The molecule has 4 rings (SSSR count). The first-order valence-corrected chi connectivity index (χ1v) is 13.8. The Morgan fingerprint density at radius 3 is 2.51 bits per heavy atom. The number of hydrogen-bond acceptors (Lipinski definition) is 7. The number of carbonyl (C=O) groups is 3. The molecule has 0 bridgehead atoms. The number of fused-ring (bicyclic) bond motifs is 1. The summed E-state index contributed by atoms with van der Waals surface area (Å²) in [6.07, 6.45) is 3.95. The molecule has 4 N–H and O–H groups in total. The molecule has 0 fully saturated rings. The summed E-state index contributed by atoms with van der Waals surface area (Å²) in [5, 5.41) is 15.5. The Morgan fingerprint density at radius 2 is 1.86 bits per heavy atom. The average molecular weight is 582 g/mol. The zero-order chi connectivity index (χ0) is 31.1. The van der Waals surface area contributed by atoms with E-state index in [4.69, 9.17) is 10.5 Å². The summed E-state index contributed by atoms with van der Waals surface area (Å²) in [6, 6.07) is 17.5. The van der Waals surface area contributed by atoms with E-state index in [2.05, 4.69) is 21.7 Å². The van der Waals surface area contributed by atoms with Crippen LogP contribution in [0, 0.1) is 11.3 Å². The number of likely N-dealkylation sites (N-methyl/N-ethyl adjacent to an activating group) is 1. The summed E-state index contributed by atoms with van der Waals surface area (Å²) in [4.78, 5) is 43.8. The smallest absolute Gasteiger partial charge is 0.252 e. The number of hydrogen-bond donors (Lipinski definition) is 3. The minimum Gasteiger partial charge on any atom is -0.490 e. The maximum Gasteiger partial charge on any atom is 0.252 e. The van der Waals surface area contributed by atoms with Crippen molar-refractivity contribution in [2.75, 3.05) is 27.2 Å². The molecule has 0 radical (unpaired) electrons. The van der Waals surface area contributed by atoms with E-state index >= 15 is 0 Å². The predicted octanol–water partition coefficient (Wildman–Crippen LogP) is 2.78. The first-order valence-electron chi connectivity index (χ1n) is 13.8. The van der Waals surface area contributed by atoms with Gasteiger partial charge in [0.2, 0.25) is 5.91 Å². The summed E-state index contributed by atoms with van der Waals surface area (Å²) >= 11 is 0. The molecule has 0 saturated heterocycles. The molecule has 43 heavy (non-hydrogen) atoms. The van der Waals surface area contributed by atoms with Crippen LogP contribution in [-0.4, -0.2) is 71.3 Å². The number of nitriles is 1. The van der Waals surface area contributed by atoms with Crippen LogP contribution in [0.5, 0.6) is 5.75 Å². The number of carbonyl (C=O) groups excluding carboxylic acids is 3. The molecule has 0 saturated carbocycles. The van der Waals surface area contributed by atoms with E-state index in [1.807, 2.05) is 44.3 Å². The predicted molar refractivity (Wildman–Crippen MR) is 163 cm³/mol. The van der Waals surface area contributed by atoms with E-state index in [1.54, 1.807) is 53.9 Å². The fourth-order valence-electron chi connectivity index (χ4n) is 4.58. The largest absolute Gasteiger partial charge is 0.490 e. The first-order chi connectivity index (χ1) is 20.5. The quantitative estimate of drug-likeness (QED) is 0.232. The van der Waals surface area contributed by atoms with Crippen LogP contribution >= 0.6 is 0 Å². The zero-order valence-corrected chi connectivity index (χ0v) is 24.6. The van der Waals surface area contributed by atoms with E-state index in [9.17, 15) is 19.6 Å². The van der Waals surface area contributed by atoms with Crippen LogP contribution in [0.15, 0.2) is 67.0 Å². The molecule has 11 heteroatoms. The third kappa shape index (κ3) is 7.96. The Labute approximate surface area is 250 Å². The zero-order valence-electron chi connectivity index (χ0n) is 24.6. The fourth-order valence-corrected chi connectivity index (χ4v) is 4.58. The molecule has 11 nitrogen and oxygen atoms in total. The van der Waals surface area contributed by atoms with Crippen LogP contribution in [0.3, 0.4) is 0 Å². The third-order valence-corrected chi connectivity index (χ3v) is 6.55. The topological polar surface area (TPSA) is 155 Å². The van der Waals surface area contributed by atoms with Crippen LogP contribution in [0.1, 0.15) is 45.7 Å². The van der Waals surface area contributed by atoms with Gasteiger partial charge >= 0.3 is 0 Å². The number of primary amides is 1. The number of nitrogens with one attached hydrogen (secondary N) is 2. The summed E-state index contributed by atoms with van der Waals surface area (Å²) in [5.41, 5.74) is 9.35. The van der Waals surface area contributed by atoms with E-state index in [1.165, 1.54) is 6.07 Å². The lowest BCUT2D eigenvalue weighted by atomic mass is 10.0. The molecule has 2 heterocycles. The minimum absolute atomic E-state index is 0.117. The molecule has 0 aliphatic carbocycles. The molecule has 0 aliphatic heterocycles. The molecule has 1 unspecified atom stereocenters. The van der Waals surface area contributed by atoms with Gasteiger partial charge in [-0.3, -0.25) is 14.4 Å². The summed E-state index contributed by atoms with van der Waals surface area (Å²) < 4.78 is 7.43. The van der Waals surface area contributed by atoms with E-state index in [0.29, 0.717) is 34.6 Å². The molecule has 3 amide bonds. The number of nitrogens with two attached hydrogens (primary N) is 1. The Morgan fingerprint density at radius 1 is 1.12 bits per heavy atom. The highest BCUT2D eigenvalue weighted by atomic mass is 16.5. The summed E-state index contributed by atoms with van der Waals surface area (Å²) in [7, 11) is 3.61. The molecule has 0 aliphatic rings. The number of amides is 3. The van der Waals surface area contributed by atoms with Gasteiger partial charge in [0.25, 0.3) is 11.8 Å². The lowest BCUT2D eigenvalue weighted by molar-refractivity contribution is -0.121. The molecule has 4 aromatic rings. The maximum absolute atomic E-state index is 13.2. The number of nitrogens with zero attached hydrogens (tertiary/aromatic N) is 4. The van der Waals surface area contributed by atoms with Crippen LogP contribution < -0.4 is 21.1 Å². The molecular weight excluding hydrogens is 546 g/mol. The molecule has 222 valence electrons. The van der Waals surface area contributed by atoms with Crippen LogP contribution in [0.25, 0.3) is 16.9 Å². The number of rotatable bonds is 12. The Bertz CT molecular complexity index is 1670. The number of pyridine rings is 1. The monoisotopic (exact) mass is 581 g/mol. The summed E-state index contributed by atoms with van der Waals surface area (Å²) in [6.45, 7) is 4.15. The number of benzene rings is 2. The van der Waals surface area contributed by atoms with E-state index in [-0.39, 0.29) is 36.6 Å². The van der Waals surface area contributed by atoms with Crippen LogP contribution in [0.2, 0.25) is 0 Å². The molecule has 1 atom stereocenters. The van der Waals surface area contributed by atoms with Gasteiger partial charge in [0.15, 0.2) is 0 Å². The van der Waals surface area contributed by atoms with E-state index < -0.39 is 11.9 Å². The van der Waals surface area contributed by atoms with Crippen LogP contribution in [0.4, 0.5) is 0 Å². The summed E-state index contributed by atoms with van der Waals surface area (Å²) in [5.74, 6) is -0.666. The second-order valence-electron chi connectivity index (χ2n) is 10.7. The SMILES string of the molecule is CC(C)Oc1ccc(C(=O)NC(CNC(=O)CN(C)C)Cc2ccc(-c3cn4cccc(C(N)=O)c4n3)cc2)cc1C#N. The van der Waals surface area contributed by atoms with Crippen molar-refractivity contribution < 1.29 is 19.1 Å². The number of imidazole rings is 1. The van der Waals surface area contributed by atoms with Gasteiger partial charge in [0.05, 0.1) is 35.5 Å². The third-order valence-electron chi connectivity index (χ3n) is 6.55. The Hall–Kier alpha value is -5.21. The van der Waals surface area contributed by atoms with Crippen molar-refractivity contribution in [1.29, 1.82) is 5.26 Å². The van der Waals surface area contributed by atoms with Gasteiger partial charge in [-0.05, 0) is 70.3 Å². The van der Waals surface area contributed by atoms with Gasteiger partial charge < -0.3 is 30.4 Å². The second-order valence-corrected chi connectivity index (χ2v) is 10.7. The first kappa shape index (κ1) is 30.7. The average Bonchev–Trinajstić information content (AvgIpc) is 3.40. The molecule has 0 spiro atoms.